The van der Waals surface area contributed by atoms with Gasteiger partial charge in [0.25, 0.3) is 0 Å². The summed E-state index contributed by atoms with van der Waals surface area (Å²) in [6.45, 7) is 5.33. The number of ether oxygens (including phenoxy) is 1. The smallest absolute Gasteiger partial charge is 0.408 e. The molecule has 0 fully saturated rings. The van der Waals surface area contributed by atoms with Gasteiger partial charge in [0, 0.05) is 0 Å². The van der Waals surface area contributed by atoms with E-state index in [0.29, 0.717) is 0 Å². The van der Waals surface area contributed by atoms with E-state index in [1.165, 1.54) is 0 Å². The van der Waals surface area contributed by atoms with E-state index in [1.54, 1.807) is 20.8 Å². The maximum absolute atomic E-state index is 11.7. The van der Waals surface area contributed by atoms with Crippen molar-refractivity contribution in [1.29, 1.82) is 0 Å². The number of hydrogen-bond acceptors (Lipinski definition) is 3. The summed E-state index contributed by atoms with van der Waals surface area (Å²) in [5.74, 6) is -0.482. The SMILES string of the molecule is CC(C)(C)OC(=O)NC(CC(N)=O)c1ccccc1. The summed E-state index contributed by atoms with van der Waals surface area (Å²) in [5, 5.41) is 2.66. The Morgan fingerprint density at radius 2 is 1.84 bits per heavy atom. The zero-order valence-electron chi connectivity index (χ0n) is 11.5. The molecule has 0 heterocycles. The number of nitrogens with two attached hydrogens (primary N) is 1. The molecular weight excluding hydrogens is 244 g/mol. The summed E-state index contributed by atoms with van der Waals surface area (Å²) in [6, 6.07) is 8.70. The highest BCUT2D eigenvalue weighted by Gasteiger charge is 2.21. The molecule has 0 aliphatic carbocycles. The third-order valence-electron chi connectivity index (χ3n) is 2.30. The monoisotopic (exact) mass is 264 g/mol. The fraction of sp³-hybridized carbons (Fsp3) is 0.429. The molecule has 2 amide bonds. The summed E-state index contributed by atoms with van der Waals surface area (Å²) in [5.41, 5.74) is 5.43. The van der Waals surface area contributed by atoms with Crippen molar-refractivity contribution in [1.82, 2.24) is 5.32 Å². The van der Waals surface area contributed by atoms with E-state index < -0.39 is 23.6 Å². The Bertz CT molecular complexity index is 438. The lowest BCUT2D eigenvalue weighted by Crippen LogP contribution is -2.36. The van der Waals surface area contributed by atoms with Crippen LogP contribution in [-0.2, 0) is 9.53 Å². The molecule has 0 aromatic heterocycles. The average Bonchev–Trinajstić information content (AvgIpc) is 2.26. The lowest BCUT2D eigenvalue weighted by atomic mass is 10.0. The molecule has 104 valence electrons. The van der Waals surface area contributed by atoms with E-state index in [9.17, 15) is 9.59 Å². The highest BCUT2D eigenvalue weighted by atomic mass is 16.6. The minimum atomic E-state index is -0.585. The van der Waals surface area contributed by atoms with Gasteiger partial charge in [0.05, 0.1) is 12.5 Å². The minimum Gasteiger partial charge on any atom is -0.444 e. The topological polar surface area (TPSA) is 81.4 Å². The lowest BCUT2D eigenvalue weighted by molar-refractivity contribution is -0.118. The van der Waals surface area contributed by atoms with E-state index >= 15 is 0 Å². The van der Waals surface area contributed by atoms with Gasteiger partial charge in [-0.1, -0.05) is 30.3 Å². The molecule has 3 N–H and O–H groups in total. The summed E-state index contributed by atoms with van der Waals surface area (Å²) < 4.78 is 5.17. The number of benzene rings is 1. The molecule has 1 unspecified atom stereocenters. The first-order valence-electron chi connectivity index (χ1n) is 6.11. The molecule has 5 nitrogen and oxygen atoms in total. The number of hydrogen-bond donors (Lipinski definition) is 2. The van der Waals surface area contributed by atoms with Crippen molar-refractivity contribution in [2.24, 2.45) is 5.73 Å². The standard InChI is InChI=1S/C14H20N2O3/c1-14(2,3)19-13(18)16-11(9-12(15)17)10-7-5-4-6-8-10/h4-8,11H,9H2,1-3H3,(H2,15,17)(H,16,18). The molecule has 0 aliphatic heterocycles. The summed E-state index contributed by atoms with van der Waals surface area (Å²) in [7, 11) is 0. The van der Waals surface area contributed by atoms with Gasteiger partial charge in [-0.05, 0) is 26.3 Å². The Kier molecular flexibility index (Phi) is 4.92. The van der Waals surface area contributed by atoms with Gasteiger partial charge in [-0.25, -0.2) is 4.79 Å². The minimum absolute atomic E-state index is 0.0310. The molecule has 19 heavy (non-hydrogen) atoms. The zero-order valence-corrected chi connectivity index (χ0v) is 11.5. The van der Waals surface area contributed by atoms with Gasteiger partial charge in [-0.15, -0.1) is 0 Å². The van der Waals surface area contributed by atoms with Crippen LogP contribution in [-0.4, -0.2) is 17.6 Å². The van der Waals surface area contributed by atoms with Gasteiger partial charge >= 0.3 is 6.09 Å². The Balaban J connectivity index is 2.76. The van der Waals surface area contributed by atoms with Crippen molar-refractivity contribution in [2.75, 3.05) is 0 Å². The predicted octanol–water partition coefficient (Wildman–Crippen LogP) is 2.13. The predicted molar refractivity (Wildman–Crippen MR) is 72.4 cm³/mol. The first kappa shape index (κ1) is 15.0. The van der Waals surface area contributed by atoms with Gasteiger partial charge in [-0.2, -0.15) is 0 Å². The Morgan fingerprint density at radius 1 is 1.26 bits per heavy atom. The largest absolute Gasteiger partial charge is 0.444 e. The third kappa shape index (κ3) is 5.90. The maximum atomic E-state index is 11.7. The zero-order chi connectivity index (χ0) is 14.5. The second-order valence-electron chi connectivity index (χ2n) is 5.28. The number of primary amides is 1. The highest BCUT2D eigenvalue weighted by molar-refractivity contribution is 5.76. The van der Waals surface area contributed by atoms with E-state index in [1.807, 2.05) is 30.3 Å². The molecule has 0 spiro atoms. The van der Waals surface area contributed by atoms with Crippen LogP contribution >= 0.6 is 0 Å². The van der Waals surface area contributed by atoms with Crippen LogP contribution < -0.4 is 11.1 Å². The van der Waals surface area contributed by atoms with Crippen molar-refractivity contribution in [2.45, 2.75) is 38.8 Å². The molecule has 0 radical (unpaired) electrons. The van der Waals surface area contributed by atoms with E-state index in [-0.39, 0.29) is 6.42 Å². The maximum Gasteiger partial charge on any atom is 0.408 e. The third-order valence-corrected chi connectivity index (χ3v) is 2.30. The summed E-state index contributed by atoms with van der Waals surface area (Å²) in [6.07, 6.45) is -0.536. The molecule has 0 saturated carbocycles. The van der Waals surface area contributed by atoms with Crippen LogP contribution in [0, 0.1) is 0 Å². The van der Waals surface area contributed by atoms with Crippen molar-refractivity contribution in [3.05, 3.63) is 35.9 Å². The number of alkyl carbamates (subject to hydrolysis) is 1. The van der Waals surface area contributed by atoms with Crippen molar-refractivity contribution in [3.8, 4) is 0 Å². The van der Waals surface area contributed by atoms with Crippen molar-refractivity contribution < 1.29 is 14.3 Å². The van der Waals surface area contributed by atoms with E-state index in [2.05, 4.69) is 5.32 Å². The molecule has 1 aromatic carbocycles. The van der Waals surface area contributed by atoms with Gasteiger partial charge in [0.1, 0.15) is 5.60 Å². The Morgan fingerprint density at radius 3 is 2.32 bits per heavy atom. The molecule has 1 rings (SSSR count). The van der Waals surface area contributed by atoms with Crippen LogP contribution in [0.5, 0.6) is 0 Å². The molecule has 0 saturated heterocycles. The number of amides is 2. The first-order chi connectivity index (χ1) is 8.78. The normalized spacial score (nSPS) is 12.6. The van der Waals surface area contributed by atoms with Crippen molar-refractivity contribution >= 4 is 12.0 Å². The average molecular weight is 264 g/mol. The number of nitrogens with one attached hydrogen (secondary N) is 1. The summed E-state index contributed by atoms with van der Waals surface area (Å²) in [4.78, 5) is 22.8. The lowest BCUT2D eigenvalue weighted by Gasteiger charge is -2.23. The van der Waals surface area contributed by atoms with Gasteiger partial charge in [0.2, 0.25) is 5.91 Å². The molecule has 1 aromatic rings. The van der Waals surface area contributed by atoms with Crippen LogP contribution in [0.4, 0.5) is 4.79 Å². The molecule has 0 aliphatic rings. The molecular formula is C14H20N2O3. The second-order valence-corrected chi connectivity index (χ2v) is 5.28. The molecule has 1 atom stereocenters. The van der Waals surface area contributed by atoms with Crippen LogP contribution in [0.2, 0.25) is 0 Å². The Labute approximate surface area is 113 Å². The fourth-order valence-electron chi connectivity index (χ4n) is 1.59. The highest BCUT2D eigenvalue weighted by Crippen LogP contribution is 2.17. The van der Waals surface area contributed by atoms with Crippen LogP contribution in [0.3, 0.4) is 0 Å². The molecule has 5 heteroatoms. The second kappa shape index (κ2) is 6.22. The van der Waals surface area contributed by atoms with Gasteiger partial charge in [-0.3, -0.25) is 4.79 Å². The van der Waals surface area contributed by atoms with Gasteiger partial charge in [0.15, 0.2) is 0 Å². The van der Waals surface area contributed by atoms with Crippen LogP contribution in [0.15, 0.2) is 30.3 Å². The quantitative estimate of drug-likeness (QED) is 0.874. The first-order valence-corrected chi connectivity index (χ1v) is 6.11. The Hall–Kier alpha value is -2.04. The van der Waals surface area contributed by atoms with Crippen LogP contribution in [0.25, 0.3) is 0 Å². The van der Waals surface area contributed by atoms with Gasteiger partial charge < -0.3 is 15.8 Å². The van der Waals surface area contributed by atoms with Crippen molar-refractivity contribution in [3.63, 3.8) is 0 Å². The number of carbonyl (C=O) groups is 2. The van der Waals surface area contributed by atoms with E-state index in [4.69, 9.17) is 10.5 Å². The number of rotatable bonds is 4. The molecule has 0 bridgehead atoms. The fourth-order valence-corrected chi connectivity index (χ4v) is 1.59. The number of carbonyl (C=O) groups excluding carboxylic acids is 2. The van der Waals surface area contributed by atoms with E-state index in [0.717, 1.165) is 5.56 Å². The summed E-state index contributed by atoms with van der Waals surface area (Å²) >= 11 is 0. The van der Waals surface area contributed by atoms with Crippen LogP contribution in [0.1, 0.15) is 38.8 Å².